The monoisotopic (exact) mass is 284 g/mol. The summed E-state index contributed by atoms with van der Waals surface area (Å²) in [5, 5.41) is 3.62. The summed E-state index contributed by atoms with van der Waals surface area (Å²) in [4.78, 5) is 7.25. The number of rotatable bonds is 4. The lowest BCUT2D eigenvalue weighted by molar-refractivity contribution is 0.133. The molecule has 2 unspecified atom stereocenters. The second kappa shape index (κ2) is 5.43. The lowest BCUT2D eigenvalue weighted by Gasteiger charge is -2.36. The quantitative estimate of drug-likeness (QED) is 0.935. The molecule has 4 rings (SSSR count). The highest BCUT2D eigenvalue weighted by atomic mass is 15.2. The Morgan fingerprint density at radius 3 is 2.81 bits per heavy atom. The summed E-state index contributed by atoms with van der Waals surface area (Å²) in [7, 11) is 2.31. The van der Waals surface area contributed by atoms with E-state index < -0.39 is 0 Å². The van der Waals surface area contributed by atoms with Gasteiger partial charge in [0.15, 0.2) is 0 Å². The Hall–Kier alpha value is -1.39. The van der Waals surface area contributed by atoms with Crippen molar-refractivity contribution in [2.75, 3.05) is 13.6 Å². The molecule has 4 nitrogen and oxygen atoms in total. The number of imidazole rings is 1. The Morgan fingerprint density at radius 1 is 1.24 bits per heavy atom. The third kappa shape index (κ3) is 2.58. The second-order valence-electron chi connectivity index (χ2n) is 6.72. The average Bonchev–Trinajstić information content (AvgIpc) is 2.96. The molecule has 2 aromatic heterocycles. The van der Waals surface area contributed by atoms with E-state index in [1.54, 1.807) is 0 Å². The lowest BCUT2D eigenvalue weighted by atomic mass is 9.91. The molecule has 0 saturated carbocycles. The minimum atomic E-state index is 0.839. The molecule has 4 heterocycles. The van der Waals surface area contributed by atoms with Crippen LogP contribution in [-0.4, -0.2) is 40.0 Å². The van der Waals surface area contributed by atoms with Gasteiger partial charge in [0.25, 0.3) is 0 Å². The van der Waals surface area contributed by atoms with E-state index in [1.165, 1.54) is 25.7 Å². The van der Waals surface area contributed by atoms with Crippen molar-refractivity contribution >= 4 is 5.65 Å². The lowest BCUT2D eigenvalue weighted by Crippen LogP contribution is -2.42. The Morgan fingerprint density at radius 2 is 2.05 bits per heavy atom. The fourth-order valence-corrected chi connectivity index (χ4v) is 4.17. The molecule has 2 fully saturated rings. The van der Waals surface area contributed by atoms with Crippen molar-refractivity contribution in [2.45, 2.75) is 44.3 Å². The molecule has 2 aliphatic heterocycles. The van der Waals surface area contributed by atoms with E-state index in [4.69, 9.17) is 0 Å². The van der Waals surface area contributed by atoms with E-state index in [1.807, 2.05) is 12.1 Å². The minimum Gasteiger partial charge on any atom is -0.311 e. The number of fused-ring (bicyclic) bond motifs is 3. The van der Waals surface area contributed by atoms with Crippen LogP contribution in [0.3, 0.4) is 0 Å². The summed E-state index contributed by atoms with van der Waals surface area (Å²) in [5.74, 6) is 0.843. The number of nitrogens with one attached hydrogen (secondary N) is 1. The maximum absolute atomic E-state index is 4.64. The molecule has 2 saturated heterocycles. The number of hydrogen-bond acceptors (Lipinski definition) is 3. The van der Waals surface area contributed by atoms with Crippen LogP contribution < -0.4 is 5.32 Å². The SMILES string of the molecule is CN1C2CCC1CC(CNCc1cn3ccccc3n1)C2. The molecule has 0 aromatic carbocycles. The largest absolute Gasteiger partial charge is 0.311 e. The van der Waals surface area contributed by atoms with Crippen LogP contribution in [-0.2, 0) is 6.54 Å². The predicted octanol–water partition coefficient (Wildman–Crippen LogP) is 2.30. The third-order valence-electron chi connectivity index (χ3n) is 5.35. The Kier molecular flexibility index (Phi) is 3.43. The van der Waals surface area contributed by atoms with Gasteiger partial charge < -0.3 is 14.6 Å². The molecular formula is C17H24N4. The van der Waals surface area contributed by atoms with Gasteiger partial charge in [-0.3, -0.25) is 0 Å². The number of nitrogens with zero attached hydrogens (tertiary/aromatic N) is 3. The molecule has 2 bridgehead atoms. The van der Waals surface area contributed by atoms with Gasteiger partial charge in [-0.05, 0) is 57.3 Å². The maximum Gasteiger partial charge on any atom is 0.137 e. The van der Waals surface area contributed by atoms with E-state index in [-0.39, 0.29) is 0 Å². The van der Waals surface area contributed by atoms with Gasteiger partial charge in [0.1, 0.15) is 5.65 Å². The third-order valence-corrected chi connectivity index (χ3v) is 5.35. The van der Waals surface area contributed by atoms with Gasteiger partial charge in [-0.15, -0.1) is 0 Å². The molecule has 2 aromatic rings. The fraction of sp³-hybridized carbons (Fsp3) is 0.588. The zero-order valence-electron chi connectivity index (χ0n) is 12.7. The van der Waals surface area contributed by atoms with Gasteiger partial charge in [0, 0.05) is 31.0 Å². The zero-order chi connectivity index (χ0) is 14.2. The normalized spacial score (nSPS) is 29.3. The average molecular weight is 284 g/mol. The smallest absolute Gasteiger partial charge is 0.137 e. The molecule has 21 heavy (non-hydrogen) atoms. The molecule has 4 heteroatoms. The van der Waals surface area contributed by atoms with E-state index in [9.17, 15) is 0 Å². The van der Waals surface area contributed by atoms with E-state index in [2.05, 4.69) is 45.1 Å². The maximum atomic E-state index is 4.64. The number of hydrogen-bond donors (Lipinski definition) is 1. The van der Waals surface area contributed by atoms with Crippen LogP contribution in [0.2, 0.25) is 0 Å². The van der Waals surface area contributed by atoms with Crippen LogP contribution in [0.4, 0.5) is 0 Å². The first-order chi connectivity index (χ1) is 10.3. The first kappa shape index (κ1) is 13.3. The Labute approximate surface area is 126 Å². The zero-order valence-corrected chi connectivity index (χ0v) is 12.7. The van der Waals surface area contributed by atoms with Crippen molar-refractivity contribution in [3.63, 3.8) is 0 Å². The first-order valence-corrected chi connectivity index (χ1v) is 8.15. The van der Waals surface area contributed by atoms with Crippen molar-refractivity contribution in [1.82, 2.24) is 19.6 Å². The van der Waals surface area contributed by atoms with Crippen LogP contribution in [0.15, 0.2) is 30.6 Å². The number of aromatic nitrogens is 2. The van der Waals surface area contributed by atoms with Gasteiger partial charge in [0.05, 0.1) is 5.69 Å². The molecule has 2 aliphatic rings. The molecule has 0 radical (unpaired) electrons. The van der Waals surface area contributed by atoms with Crippen LogP contribution in [0.25, 0.3) is 5.65 Å². The first-order valence-electron chi connectivity index (χ1n) is 8.15. The predicted molar refractivity (Wildman–Crippen MR) is 84.2 cm³/mol. The van der Waals surface area contributed by atoms with Crippen LogP contribution in [0.1, 0.15) is 31.4 Å². The minimum absolute atomic E-state index is 0.839. The molecule has 112 valence electrons. The van der Waals surface area contributed by atoms with Crippen LogP contribution >= 0.6 is 0 Å². The van der Waals surface area contributed by atoms with Gasteiger partial charge in [-0.1, -0.05) is 6.07 Å². The highest BCUT2D eigenvalue weighted by molar-refractivity contribution is 5.39. The van der Waals surface area contributed by atoms with Crippen molar-refractivity contribution < 1.29 is 0 Å². The molecule has 0 spiro atoms. The molecule has 0 aliphatic carbocycles. The van der Waals surface area contributed by atoms with E-state index in [0.717, 1.165) is 42.4 Å². The van der Waals surface area contributed by atoms with E-state index >= 15 is 0 Å². The van der Waals surface area contributed by atoms with Gasteiger partial charge >= 0.3 is 0 Å². The topological polar surface area (TPSA) is 32.6 Å². The Balaban J connectivity index is 1.31. The van der Waals surface area contributed by atoms with Gasteiger partial charge in [0.2, 0.25) is 0 Å². The van der Waals surface area contributed by atoms with Gasteiger partial charge in [-0.2, -0.15) is 0 Å². The van der Waals surface area contributed by atoms with Crippen LogP contribution in [0.5, 0.6) is 0 Å². The van der Waals surface area contributed by atoms with Gasteiger partial charge in [-0.25, -0.2) is 4.98 Å². The Bertz CT molecular complexity index is 573. The summed E-state index contributed by atoms with van der Waals surface area (Å²) in [6.45, 7) is 2.01. The molecule has 2 atom stereocenters. The van der Waals surface area contributed by atoms with Crippen molar-refractivity contribution in [3.05, 3.63) is 36.3 Å². The van der Waals surface area contributed by atoms with Crippen molar-refractivity contribution in [2.24, 2.45) is 5.92 Å². The molecule has 0 amide bonds. The summed E-state index contributed by atoms with van der Waals surface area (Å²) < 4.78 is 2.09. The second-order valence-corrected chi connectivity index (χ2v) is 6.72. The number of pyridine rings is 1. The summed E-state index contributed by atoms with van der Waals surface area (Å²) in [6, 6.07) is 7.81. The highest BCUT2D eigenvalue weighted by Gasteiger charge is 2.37. The summed E-state index contributed by atoms with van der Waals surface area (Å²) >= 11 is 0. The molecular weight excluding hydrogens is 260 g/mol. The van der Waals surface area contributed by atoms with Crippen molar-refractivity contribution in [1.29, 1.82) is 0 Å². The van der Waals surface area contributed by atoms with E-state index in [0.29, 0.717) is 0 Å². The fourth-order valence-electron chi connectivity index (χ4n) is 4.17. The summed E-state index contributed by atoms with van der Waals surface area (Å²) in [6.07, 6.45) is 9.73. The standard InChI is InChI=1S/C17H24N4/c1-20-15-5-6-16(20)9-13(8-15)10-18-11-14-12-21-7-3-2-4-17(21)19-14/h2-4,7,12-13,15-16,18H,5-6,8-11H2,1H3. The van der Waals surface area contributed by atoms with Crippen molar-refractivity contribution in [3.8, 4) is 0 Å². The highest BCUT2D eigenvalue weighted by Crippen LogP contribution is 2.36. The van der Waals surface area contributed by atoms with Crippen LogP contribution in [0, 0.1) is 5.92 Å². The summed E-state index contributed by atoms with van der Waals surface area (Å²) in [5.41, 5.74) is 2.17. The number of piperidine rings is 1. The molecule has 1 N–H and O–H groups in total.